The second kappa shape index (κ2) is 8.70. The van der Waals surface area contributed by atoms with Crippen molar-refractivity contribution in [3.63, 3.8) is 0 Å². The van der Waals surface area contributed by atoms with Gasteiger partial charge in [0.1, 0.15) is 5.37 Å². The molecule has 2 amide bonds. The first-order valence-electron chi connectivity index (χ1n) is 9.81. The number of rotatable bonds is 4. The standard InChI is InChI=1S/C24H19F3N2O2S/c1-15-2-4-16(5-3-15)22(31)28-19-10-6-17(7-11-19)23-29(21(30)14-32-23)20-12-8-18(9-13-20)24(25,26)27/h2-13,23H,14H2,1H3,(H,28,31)/t23-/m0/s1. The molecule has 8 heteroatoms. The van der Waals surface area contributed by atoms with E-state index >= 15 is 0 Å². The molecule has 0 bridgehead atoms. The zero-order valence-corrected chi connectivity index (χ0v) is 17.8. The van der Waals surface area contributed by atoms with Crippen molar-refractivity contribution in [2.75, 3.05) is 16.0 Å². The lowest BCUT2D eigenvalue weighted by Gasteiger charge is -2.25. The predicted molar refractivity (Wildman–Crippen MR) is 120 cm³/mol. The Balaban J connectivity index is 1.50. The van der Waals surface area contributed by atoms with E-state index in [0.29, 0.717) is 16.9 Å². The molecule has 0 radical (unpaired) electrons. The second-order valence-electron chi connectivity index (χ2n) is 7.41. The average Bonchev–Trinajstić information content (AvgIpc) is 3.15. The van der Waals surface area contributed by atoms with Crippen molar-refractivity contribution < 1.29 is 22.8 Å². The van der Waals surface area contributed by atoms with Crippen LogP contribution >= 0.6 is 11.8 Å². The minimum Gasteiger partial charge on any atom is -0.322 e. The summed E-state index contributed by atoms with van der Waals surface area (Å²) in [6.45, 7) is 1.94. The molecule has 0 aliphatic carbocycles. The maximum atomic E-state index is 12.9. The van der Waals surface area contributed by atoms with Gasteiger partial charge in [-0.3, -0.25) is 14.5 Å². The molecule has 0 aromatic heterocycles. The Bertz CT molecular complexity index is 1130. The molecule has 32 heavy (non-hydrogen) atoms. The van der Waals surface area contributed by atoms with Crippen molar-refractivity contribution in [3.05, 3.63) is 95.1 Å². The Labute approximate surface area is 187 Å². The molecule has 4 nitrogen and oxygen atoms in total. The number of anilines is 2. The van der Waals surface area contributed by atoms with E-state index in [0.717, 1.165) is 23.3 Å². The van der Waals surface area contributed by atoms with Gasteiger partial charge in [0.05, 0.1) is 11.3 Å². The van der Waals surface area contributed by atoms with E-state index in [4.69, 9.17) is 0 Å². The van der Waals surface area contributed by atoms with Crippen LogP contribution in [0.15, 0.2) is 72.8 Å². The number of amides is 2. The van der Waals surface area contributed by atoms with Crippen LogP contribution in [0.5, 0.6) is 0 Å². The van der Waals surface area contributed by atoms with Crippen LogP contribution in [0.1, 0.15) is 32.4 Å². The number of aryl methyl sites for hydroxylation is 1. The summed E-state index contributed by atoms with van der Waals surface area (Å²) in [7, 11) is 0. The fourth-order valence-corrected chi connectivity index (χ4v) is 4.58. The lowest BCUT2D eigenvalue weighted by Crippen LogP contribution is -2.27. The van der Waals surface area contributed by atoms with E-state index in [1.54, 1.807) is 36.4 Å². The third-order valence-electron chi connectivity index (χ3n) is 5.11. The smallest absolute Gasteiger partial charge is 0.322 e. The number of benzene rings is 3. The first-order chi connectivity index (χ1) is 15.2. The molecule has 1 aliphatic rings. The molecular weight excluding hydrogens is 437 g/mol. The van der Waals surface area contributed by atoms with Gasteiger partial charge in [0, 0.05) is 16.9 Å². The van der Waals surface area contributed by atoms with Crippen LogP contribution in [-0.2, 0) is 11.0 Å². The van der Waals surface area contributed by atoms with Gasteiger partial charge >= 0.3 is 6.18 Å². The molecule has 1 heterocycles. The van der Waals surface area contributed by atoms with Crippen LogP contribution in [0.3, 0.4) is 0 Å². The molecule has 1 aliphatic heterocycles. The van der Waals surface area contributed by atoms with Crippen molar-refractivity contribution in [2.24, 2.45) is 0 Å². The molecule has 3 aromatic carbocycles. The molecule has 0 unspecified atom stereocenters. The first-order valence-corrected chi connectivity index (χ1v) is 10.9. The predicted octanol–water partition coefficient (Wildman–Crippen LogP) is 6.04. The summed E-state index contributed by atoms with van der Waals surface area (Å²) in [5.74, 6) is -0.163. The zero-order chi connectivity index (χ0) is 22.9. The molecule has 0 saturated carbocycles. The van der Waals surface area contributed by atoms with Gasteiger partial charge in [-0.05, 0) is 61.0 Å². The maximum Gasteiger partial charge on any atom is 0.416 e. The minimum absolute atomic E-state index is 0.170. The number of hydrogen-bond donors (Lipinski definition) is 1. The van der Waals surface area contributed by atoms with Crippen molar-refractivity contribution in [1.82, 2.24) is 0 Å². The van der Waals surface area contributed by atoms with Gasteiger partial charge in [-0.1, -0.05) is 29.8 Å². The molecule has 1 saturated heterocycles. The van der Waals surface area contributed by atoms with Gasteiger partial charge < -0.3 is 5.32 Å². The largest absolute Gasteiger partial charge is 0.416 e. The fraction of sp³-hybridized carbons (Fsp3) is 0.167. The summed E-state index contributed by atoms with van der Waals surface area (Å²) >= 11 is 1.40. The van der Waals surface area contributed by atoms with E-state index in [2.05, 4.69) is 5.32 Å². The molecule has 0 spiro atoms. The molecule has 4 rings (SSSR count). The first kappa shape index (κ1) is 22.0. The third-order valence-corrected chi connectivity index (χ3v) is 6.32. The molecule has 1 N–H and O–H groups in total. The van der Waals surface area contributed by atoms with E-state index in [1.807, 2.05) is 19.1 Å². The highest BCUT2D eigenvalue weighted by Crippen LogP contribution is 2.42. The van der Waals surface area contributed by atoms with E-state index in [-0.39, 0.29) is 22.9 Å². The number of nitrogens with zero attached hydrogens (tertiary/aromatic N) is 1. The number of carbonyl (C=O) groups excluding carboxylic acids is 2. The van der Waals surface area contributed by atoms with Crippen molar-refractivity contribution in [2.45, 2.75) is 18.5 Å². The Morgan fingerprint density at radius 3 is 2.19 bits per heavy atom. The summed E-state index contributed by atoms with van der Waals surface area (Å²) < 4.78 is 38.6. The minimum atomic E-state index is -4.43. The van der Waals surface area contributed by atoms with Crippen LogP contribution in [0.4, 0.5) is 24.5 Å². The second-order valence-corrected chi connectivity index (χ2v) is 8.48. The normalized spacial score (nSPS) is 16.3. The lowest BCUT2D eigenvalue weighted by molar-refractivity contribution is -0.137. The van der Waals surface area contributed by atoms with Crippen molar-refractivity contribution in [1.29, 1.82) is 0 Å². The van der Waals surface area contributed by atoms with Gasteiger partial charge in [0.15, 0.2) is 0 Å². The number of nitrogens with one attached hydrogen (secondary N) is 1. The van der Waals surface area contributed by atoms with Gasteiger partial charge in [0.2, 0.25) is 5.91 Å². The van der Waals surface area contributed by atoms with Gasteiger partial charge in [-0.2, -0.15) is 13.2 Å². The summed E-state index contributed by atoms with van der Waals surface area (Å²) in [5, 5.41) is 2.47. The van der Waals surface area contributed by atoms with E-state index in [9.17, 15) is 22.8 Å². The van der Waals surface area contributed by atoms with Gasteiger partial charge in [-0.15, -0.1) is 11.8 Å². The Hall–Kier alpha value is -3.26. The Kier molecular flexibility index (Phi) is 5.97. The van der Waals surface area contributed by atoms with E-state index < -0.39 is 11.7 Å². The van der Waals surface area contributed by atoms with Gasteiger partial charge in [-0.25, -0.2) is 0 Å². The van der Waals surface area contributed by atoms with E-state index in [1.165, 1.54) is 28.8 Å². The van der Waals surface area contributed by atoms with Crippen molar-refractivity contribution >= 4 is 35.0 Å². The summed E-state index contributed by atoms with van der Waals surface area (Å²) in [5.41, 5.74) is 2.68. The molecule has 3 aromatic rings. The molecule has 1 atom stereocenters. The number of halogens is 3. The zero-order valence-electron chi connectivity index (χ0n) is 17.0. The maximum absolute atomic E-state index is 12.9. The lowest BCUT2D eigenvalue weighted by atomic mass is 10.1. The highest BCUT2D eigenvalue weighted by atomic mass is 32.2. The summed E-state index contributed by atoms with van der Waals surface area (Å²) in [4.78, 5) is 26.4. The van der Waals surface area contributed by atoms with Crippen LogP contribution < -0.4 is 10.2 Å². The number of carbonyl (C=O) groups is 2. The molecular formula is C24H19F3N2O2S. The number of alkyl halides is 3. The van der Waals surface area contributed by atoms with Crippen LogP contribution in [-0.4, -0.2) is 17.6 Å². The Morgan fingerprint density at radius 2 is 1.59 bits per heavy atom. The highest BCUT2D eigenvalue weighted by molar-refractivity contribution is 8.00. The van der Waals surface area contributed by atoms with Crippen molar-refractivity contribution in [3.8, 4) is 0 Å². The molecule has 1 fully saturated rings. The Morgan fingerprint density at radius 1 is 0.969 bits per heavy atom. The molecule has 164 valence electrons. The van der Waals surface area contributed by atoms with Crippen LogP contribution in [0.25, 0.3) is 0 Å². The number of thioether (sulfide) groups is 1. The SMILES string of the molecule is Cc1ccc(C(=O)Nc2ccc([C@@H]3SCC(=O)N3c3ccc(C(F)(F)F)cc3)cc2)cc1. The van der Waals surface area contributed by atoms with Gasteiger partial charge in [0.25, 0.3) is 5.91 Å². The summed E-state index contributed by atoms with van der Waals surface area (Å²) in [6, 6.07) is 18.9. The number of hydrogen-bond acceptors (Lipinski definition) is 3. The fourth-order valence-electron chi connectivity index (χ4n) is 3.40. The van der Waals surface area contributed by atoms with Crippen LogP contribution in [0.2, 0.25) is 0 Å². The average molecular weight is 456 g/mol. The quantitative estimate of drug-likeness (QED) is 0.520. The third kappa shape index (κ3) is 4.65. The highest BCUT2D eigenvalue weighted by Gasteiger charge is 2.35. The monoisotopic (exact) mass is 456 g/mol. The van der Waals surface area contributed by atoms with Crippen LogP contribution in [0, 0.1) is 6.92 Å². The summed E-state index contributed by atoms with van der Waals surface area (Å²) in [6.07, 6.45) is -4.43. The topological polar surface area (TPSA) is 49.4 Å².